The summed E-state index contributed by atoms with van der Waals surface area (Å²) in [5, 5.41) is 11.9. The molecule has 0 aliphatic carbocycles. The van der Waals surface area contributed by atoms with E-state index in [2.05, 4.69) is 26.1 Å². The number of carbonyl (C=O) groups excluding carboxylic acids is 1. The lowest BCUT2D eigenvalue weighted by Crippen LogP contribution is -2.29. The Balaban J connectivity index is 1.89. The molecule has 1 saturated heterocycles. The standard InChI is InChI=1S/C15H20BrN3O2/c16-11-7-10-12(18-15(21)14(10)17)8-13(11)19-5-1-3-9(19)4-2-6-20/h7-9,14,20H,1-6,17H2,(H,18,21). The minimum atomic E-state index is -0.575. The topological polar surface area (TPSA) is 78.6 Å². The Morgan fingerprint density at radius 1 is 1.48 bits per heavy atom. The summed E-state index contributed by atoms with van der Waals surface area (Å²) in [6, 6.07) is 3.85. The maximum atomic E-state index is 11.7. The first-order chi connectivity index (χ1) is 10.1. The highest BCUT2D eigenvalue weighted by atomic mass is 79.9. The van der Waals surface area contributed by atoms with E-state index in [4.69, 9.17) is 10.8 Å². The monoisotopic (exact) mass is 353 g/mol. The van der Waals surface area contributed by atoms with Crippen molar-refractivity contribution in [1.82, 2.24) is 0 Å². The molecule has 0 spiro atoms. The molecule has 0 radical (unpaired) electrons. The third kappa shape index (κ3) is 2.67. The summed E-state index contributed by atoms with van der Waals surface area (Å²) < 4.78 is 0.976. The van der Waals surface area contributed by atoms with Crippen molar-refractivity contribution < 1.29 is 9.90 Å². The number of nitrogens with zero attached hydrogens (tertiary/aromatic N) is 1. The van der Waals surface area contributed by atoms with Crippen LogP contribution in [0.4, 0.5) is 11.4 Å². The Bertz CT molecular complexity index is 564. The van der Waals surface area contributed by atoms with E-state index in [9.17, 15) is 4.79 Å². The Morgan fingerprint density at radius 2 is 2.29 bits per heavy atom. The number of hydrogen-bond donors (Lipinski definition) is 3. The summed E-state index contributed by atoms with van der Waals surface area (Å²) >= 11 is 3.62. The van der Waals surface area contributed by atoms with E-state index < -0.39 is 6.04 Å². The van der Waals surface area contributed by atoms with Crippen molar-refractivity contribution >= 4 is 33.2 Å². The fourth-order valence-electron chi connectivity index (χ4n) is 3.29. The van der Waals surface area contributed by atoms with E-state index >= 15 is 0 Å². The Kier molecular flexibility index (Phi) is 4.19. The van der Waals surface area contributed by atoms with Crippen molar-refractivity contribution in [2.45, 2.75) is 37.8 Å². The quantitative estimate of drug-likeness (QED) is 0.774. The smallest absolute Gasteiger partial charge is 0.245 e. The molecular weight excluding hydrogens is 334 g/mol. The summed E-state index contributed by atoms with van der Waals surface area (Å²) in [6.45, 7) is 1.24. The van der Waals surface area contributed by atoms with Crippen LogP contribution in [-0.4, -0.2) is 30.2 Å². The molecule has 1 aromatic carbocycles. The first-order valence-electron chi connectivity index (χ1n) is 7.39. The highest BCUT2D eigenvalue weighted by Crippen LogP contribution is 2.40. The summed E-state index contributed by atoms with van der Waals surface area (Å²) in [7, 11) is 0. The van der Waals surface area contributed by atoms with Gasteiger partial charge in [0.2, 0.25) is 5.91 Å². The molecule has 6 heteroatoms. The molecule has 0 saturated carbocycles. The predicted molar refractivity (Wildman–Crippen MR) is 86.4 cm³/mol. The molecule has 114 valence electrons. The van der Waals surface area contributed by atoms with Crippen LogP contribution in [0.3, 0.4) is 0 Å². The van der Waals surface area contributed by atoms with Crippen LogP contribution in [-0.2, 0) is 4.79 Å². The molecule has 2 aliphatic rings. The van der Waals surface area contributed by atoms with Gasteiger partial charge < -0.3 is 21.1 Å². The number of amides is 1. The highest BCUT2D eigenvalue weighted by molar-refractivity contribution is 9.10. The van der Waals surface area contributed by atoms with Crippen molar-refractivity contribution in [2.24, 2.45) is 5.73 Å². The Morgan fingerprint density at radius 3 is 3.05 bits per heavy atom. The van der Waals surface area contributed by atoms with Gasteiger partial charge in [0.1, 0.15) is 6.04 Å². The van der Waals surface area contributed by atoms with Gasteiger partial charge in [0, 0.05) is 34.9 Å². The maximum absolute atomic E-state index is 11.7. The number of benzene rings is 1. The van der Waals surface area contributed by atoms with Crippen LogP contribution in [0.5, 0.6) is 0 Å². The van der Waals surface area contributed by atoms with Crippen LogP contribution in [0.15, 0.2) is 16.6 Å². The average molecular weight is 354 g/mol. The number of aliphatic hydroxyl groups is 1. The van der Waals surface area contributed by atoms with Gasteiger partial charge >= 0.3 is 0 Å². The number of carbonyl (C=O) groups is 1. The second-order valence-corrected chi connectivity index (χ2v) is 6.57. The zero-order chi connectivity index (χ0) is 15.0. The SMILES string of the molecule is NC1C(=O)Nc2cc(N3CCCC3CCCO)c(Br)cc21. The molecule has 2 atom stereocenters. The molecular formula is C15H20BrN3O2. The van der Waals surface area contributed by atoms with E-state index in [1.807, 2.05) is 12.1 Å². The second kappa shape index (κ2) is 5.94. The molecule has 0 bridgehead atoms. The third-order valence-corrected chi connectivity index (χ3v) is 5.01. The van der Waals surface area contributed by atoms with Gasteiger partial charge in [0.05, 0.1) is 5.69 Å². The molecule has 1 amide bonds. The molecule has 2 aliphatic heterocycles. The largest absolute Gasteiger partial charge is 0.396 e. The molecule has 2 heterocycles. The number of fused-ring (bicyclic) bond motifs is 1. The second-order valence-electron chi connectivity index (χ2n) is 5.71. The molecule has 21 heavy (non-hydrogen) atoms. The number of nitrogens with one attached hydrogen (secondary N) is 1. The molecule has 0 aromatic heterocycles. The van der Waals surface area contributed by atoms with Gasteiger partial charge in [0.25, 0.3) is 0 Å². The summed E-state index contributed by atoms with van der Waals surface area (Å²) in [5.41, 5.74) is 8.65. The number of nitrogens with two attached hydrogens (primary N) is 1. The summed E-state index contributed by atoms with van der Waals surface area (Å²) in [4.78, 5) is 14.1. The minimum Gasteiger partial charge on any atom is -0.396 e. The number of aliphatic hydroxyl groups excluding tert-OH is 1. The number of rotatable bonds is 4. The van der Waals surface area contributed by atoms with Crippen molar-refractivity contribution in [2.75, 3.05) is 23.4 Å². The molecule has 3 rings (SSSR count). The number of hydrogen-bond acceptors (Lipinski definition) is 4. The predicted octanol–water partition coefficient (Wildman–Crippen LogP) is 2.14. The van der Waals surface area contributed by atoms with Crippen LogP contribution in [0, 0.1) is 0 Å². The van der Waals surface area contributed by atoms with E-state index in [-0.39, 0.29) is 12.5 Å². The molecule has 4 N–H and O–H groups in total. The van der Waals surface area contributed by atoms with Gasteiger partial charge in [-0.25, -0.2) is 0 Å². The lowest BCUT2D eigenvalue weighted by molar-refractivity contribution is -0.116. The molecule has 2 unspecified atom stereocenters. The van der Waals surface area contributed by atoms with Crippen LogP contribution in [0.1, 0.15) is 37.3 Å². The van der Waals surface area contributed by atoms with Crippen LogP contribution >= 0.6 is 15.9 Å². The number of halogens is 1. The number of anilines is 2. The van der Waals surface area contributed by atoms with Gasteiger partial charge in [0.15, 0.2) is 0 Å². The first-order valence-corrected chi connectivity index (χ1v) is 8.18. The van der Waals surface area contributed by atoms with Gasteiger partial charge in [-0.3, -0.25) is 4.79 Å². The van der Waals surface area contributed by atoms with E-state index in [0.717, 1.165) is 53.6 Å². The van der Waals surface area contributed by atoms with Crippen LogP contribution < -0.4 is 16.0 Å². The Labute approximate surface area is 132 Å². The van der Waals surface area contributed by atoms with E-state index in [0.29, 0.717) is 6.04 Å². The third-order valence-electron chi connectivity index (χ3n) is 4.38. The normalized spacial score (nSPS) is 24.3. The summed E-state index contributed by atoms with van der Waals surface area (Å²) in [5.74, 6) is -0.146. The van der Waals surface area contributed by atoms with Crippen LogP contribution in [0.2, 0.25) is 0 Å². The molecule has 5 nitrogen and oxygen atoms in total. The van der Waals surface area contributed by atoms with Crippen LogP contribution in [0.25, 0.3) is 0 Å². The highest BCUT2D eigenvalue weighted by Gasteiger charge is 2.31. The van der Waals surface area contributed by atoms with Gasteiger partial charge in [-0.05, 0) is 53.7 Å². The van der Waals surface area contributed by atoms with Gasteiger partial charge in [-0.15, -0.1) is 0 Å². The molecule has 1 fully saturated rings. The lowest BCUT2D eigenvalue weighted by Gasteiger charge is -2.28. The van der Waals surface area contributed by atoms with E-state index in [1.54, 1.807) is 0 Å². The van der Waals surface area contributed by atoms with Crippen molar-refractivity contribution in [3.8, 4) is 0 Å². The summed E-state index contributed by atoms with van der Waals surface area (Å²) in [6.07, 6.45) is 4.12. The van der Waals surface area contributed by atoms with Gasteiger partial charge in [-0.2, -0.15) is 0 Å². The minimum absolute atomic E-state index is 0.146. The zero-order valence-corrected chi connectivity index (χ0v) is 13.4. The fourth-order valence-corrected chi connectivity index (χ4v) is 3.88. The molecule has 1 aromatic rings. The Hall–Kier alpha value is -1.11. The van der Waals surface area contributed by atoms with Gasteiger partial charge in [-0.1, -0.05) is 0 Å². The zero-order valence-electron chi connectivity index (χ0n) is 11.8. The first kappa shape index (κ1) is 14.8. The van der Waals surface area contributed by atoms with Crippen molar-refractivity contribution in [1.29, 1.82) is 0 Å². The van der Waals surface area contributed by atoms with E-state index in [1.165, 1.54) is 0 Å². The van der Waals surface area contributed by atoms with Crippen molar-refractivity contribution in [3.63, 3.8) is 0 Å². The van der Waals surface area contributed by atoms with Crippen molar-refractivity contribution in [3.05, 3.63) is 22.2 Å². The maximum Gasteiger partial charge on any atom is 0.245 e. The average Bonchev–Trinajstić information content (AvgIpc) is 3.03. The fraction of sp³-hybridized carbons (Fsp3) is 0.533. The lowest BCUT2D eigenvalue weighted by atomic mass is 10.1.